The fourth-order valence-corrected chi connectivity index (χ4v) is 3.38. The number of carbonyl (C=O) groups excluding carboxylic acids is 2. The van der Waals surface area contributed by atoms with Crippen LogP contribution in [0.15, 0.2) is 42.5 Å². The number of nitrogens with zero attached hydrogens (tertiary/aromatic N) is 1. The van der Waals surface area contributed by atoms with Crippen LogP contribution in [0.2, 0.25) is 0 Å². The van der Waals surface area contributed by atoms with Gasteiger partial charge in [0.2, 0.25) is 11.8 Å². The van der Waals surface area contributed by atoms with Crippen LogP contribution < -0.4 is 10.6 Å². The van der Waals surface area contributed by atoms with Gasteiger partial charge in [0, 0.05) is 31.7 Å². The summed E-state index contributed by atoms with van der Waals surface area (Å²) in [6, 6.07) is 12.0. The van der Waals surface area contributed by atoms with Gasteiger partial charge in [0.05, 0.1) is 24.3 Å². The highest BCUT2D eigenvalue weighted by molar-refractivity contribution is 5.99. The fraction of sp³-hybridized carbons (Fsp3) is 0.417. The average Bonchev–Trinajstić information content (AvgIpc) is 2.75. The summed E-state index contributed by atoms with van der Waals surface area (Å²) >= 11 is 0. The Morgan fingerprint density at radius 2 is 1.74 bits per heavy atom. The summed E-state index contributed by atoms with van der Waals surface area (Å²) in [6.07, 6.45) is 0.260. The number of halogens is 1. The number of ether oxygens (including phenoxy) is 1. The molecule has 0 spiro atoms. The summed E-state index contributed by atoms with van der Waals surface area (Å²) < 4.78 is 19.5. The van der Waals surface area contributed by atoms with Crippen LogP contribution >= 0.6 is 0 Å². The lowest BCUT2D eigenvalue weighted by Crippen LogP contribution is -2.38. The summed E-state index contributed by atoms with van der Waals surface area (Å²) in [4.78, 5) is 27.3. The minimum Gasteiger partial charge on any atom is -0.379 e. The van der Waals surface area contributed by atoms with Crippen LogP contribution in [-0.4, -0.2) is 49.6 Å². The topological polar surface area (TPSA) is 70.7 Å². The number of aryl methyl sites for hydroxylation is 1. The molecule has 1 fully saturated rings. The summed E-state index contributed by atoms with van der Waals surface area (Å²) in [5, 5.41) is 5.46. The molecule has 1 aliphatic heterocycles. The largest absolute Gasteiger partial charge is 0.379 e. The molecule has 6 nitrogen and oxygen atoms in total. The Morgan fingerprint density at radius 3 is 2.42 bits per heavy atom. The molecule has 1 aliphatic rings. The zero-order chi connectivity index (χ0) is 22.4. The summed E-state index contributed by atoms with van der Waals surface area (Å²) in [7, 11) is 0. The lowest BCUT2D eigenvalue weighted by atomic mass is 9.83. The van der Waals surface area contributed by atoms with Gasteiger partial charge in [0.1, 0.15) is 5.82 Å². The van der Waals surface area contributed by atoms with Gasteiger partial charge in [-0.25, -0.2) is 4.39 Å². The standard InChI is InChI=1S/C24H30FN3O3/c1-17-4-6-18(7-5-17)24(2,3)23(30)26-19-8-9-20(25)21(16-19)27-22(29)10-11-28-12-14-31-15-13-28/h4-9,16H,10-15H2,1-3H3,(H,26,30)(H,27,29). The second-order valence-corrected chi connectivity index (χ2v) is 8.39. The number of nitrogens with one attached hydrogen (secondary N) is 2. The highest BCUT2D eigenvalue weighted by atomic mass is 19.1. The zero-order valence-electron chi connectivity index (χ0n) is 18.3. The number of hydrogen-bond acceptors (Lipinski definition) is 4. The molecule has 7 heteroatoms. The predicted molar refractivity (Wildman–Crippen MR) is 120 cm³/mol. The van der Waals surface area contributed by atoms with E-state index in [1.807, 2.05) is 45.0 Å². The maximum absolute atomic E-state index is 14.2. The minimum absolute atomic E-state index is 0.0536. The van der Waals surface area contributed by atoms with Crippen molar-refractivity contribution in [2.45, 2.75) is 32.6 Å². The van der Waals surface area contributed by atoms with Crippen molar-refractivity contribution in [1.29, 1.82) is 0 Å². The van der Waals surface area contributed by atoms with E-state index in [0.29, 0.717) is 25.4 Å². The number of morpholine rings is 1. The van der Waals surface area contributed by atoms with Crippen molar-refractivity contribution in [2.75, 3.05) is 43.5 Å². The number of hydrogen-bond donors (Lipinski definition) is 2. The average molecular weight is 428 g/mol. The Labute approximate surface area is 182 Å². The molecule has 2 amide bonds. The van der Waals surface area contributed by atoms with E-state index >= 15 is 0 Å². The Kier molecular flexibility index (Phi) is 7.41. The number of benzene rings is 2. The summed E-state index contributed by atoms with van der Waals surface area (Å²) in [5.74, 6) is -1.03. The normalized spacial score (nSPS) is 14.8. The van der Waals surface area contributed by atoms with Crippen molar-refractivity contribution in [3.8, 4) is 0 Å². The molecule has 1 saturated heterocycles. The molecule has 0 aliphatic carbocycles. The second kappa shape index (κ2) is 10.0. The van der Waals surface area contributed by atoms with E-state index in [1.165, 1.54) is 18.2 Å². The molecule has 2 aromatic rings. The van der Waals surface area contributed by atoms with Crippen LogP contribution in [0.5, 0.6) is 0 Å². The van der Waals surface area contributed by atoms with Gasteiger partial charge in [-0.3, -0.25) is 14.5 Å². The van der Waals surface area contributed by atoms with Crippen LogP contribution in [0.3, 0.4) is 0 Å². The van der Waals surface area contributed by atoms with Crippen molar-refractivity contribution in [2.24, 2.45) is 0 Å². The number of rotatable bonds is 7. The Morgan fingerprint density at radius 1 is 1.06 bits per heavy atom. The smallest absolute Gasteiger partial charge is 0.234 e. The van der Waals surface area contributed by atoms with Gasteiger partial charge in [0.15, 0.2) is 0 Å². The quantitative estimate of drug-likeness (QED) is 0.707. The monoisotopic (exact) mass is 427 g/mol. The lowest BCUT2D eigenvalue weighted by Gasteiger charge is -2.26. The first kappa shape index (κ1) is 22.9. The molecule has 0 unspecified atom stereocenters. The fourth-order valence-electron chi connectivity index (χ4n) is 3.38. The molecule has 0 radical (unpaired) electrons. The van der Waals surface area contributed by atoms with Crippen LogP contribution in [0.1, 0.15) is 31.4 Å². The lowest BCUT2D eigenvalue weighted by molar-refractivity contribution is -0.120. The van der Waals surface area contributed by atoms with Gasteiger partial charge in [-0.2, -0.15) is 0 Å². The van der Waals surface area contributed by atoms with E-state index in [9.17, 15) is 14.0 Å². The van der Waals surface area contributed by atoms with Gasteiger partial charge in [0.25, 0.3) is 0 Å². The highest BCUT2D eigenvalue weighted by Crippen LogP contribution is 2.27. The van der Waals surface area contributed by atoms with E-state index in [4.69, 9.17) is 4.74 Å². The minimum atomic E-state index is -0.774. The SMILES string of the molecule is Cc1ccc(C(C)(C)C(=O)Nc2ccc(F)c(NC(=O)CCN3CCOCC3)c2)cc1. The molecule has 0 saturated carbocycles. The van der Waals surface area contributed by atoms with Crippen LogP contribution in [0, 0.1) is 12.7 Å². The molecule has 0 aromatic heterocycles. The van der Waals surface area contributed by atoms with E-state index in [-0.39, 0.29) is 23.9 Å². The molecular formula is C24H30FN3O3. The van der Waals surface area contributed by atoms with Crippen LogP contribution in [0.25, 0.3) is 0 Å². The van der Waals surface area contributed by atoms with Gasteiger partial charge in [-0.1, -0.05) is 29.8 Å². The maximum atomic E-state index is 14.2. The Bertz CT molecular complexity index is 922. The number of anilines is 2. The first-order chi connectivity index (χ1) is 14.8. The van der Waals surface area contributed by atoms with Crippen molar-refractivity contribution in [1.82, 2.24) is 4.90 Å². The molecule has 1 heterocycles. The van der Waals surface area contributed by atoms with E-state index in [1.54, 1.807) is 0 Å². The van der Waals surface area contributed by atoms with Gasteiger partial charge in [-0.15, -0.1) is 0 Å². The van der Waals surface area contributed by atoms with Gasteiger partial charge < -0.3 is 15.4 Å². The molecular weight excluding hydrogens is 397 g/mol. The molecule has 0 atom stereocenters. The second-order valence-electron chi connectivity index (χ2n) is 8.39. The molecule has 31 heavy (non-hydrogen) atoms. The molecule has 2 N–H and O–H groups in total. The zero-order valence-corrected chi connectivity index (χ0v) is 18.3. The maximum Gasteiger partial charge on any atom is 0.234 e. The van der Waals surface area contributed by atoms with Crippen molar-refractivity contribution >= 4 is 23.2 Å². The van der Waals surface area contributed by atoms with Gasteiger partial charge in [-0.05, 0) is 44.5 Å². The number of amides is 2. The van der Waals surface area contributed by atoms with Crippen molar-refractivity contribution in [3.63, 3.8) is 0 Å². The van der Waals surface area contributed by atoms with E-state index in [2.05, 4.69) is 15.5 Å². The molecule has 166 valence electrons. The van der Waals surface area contributed by atoms with Crippen LogP contribution in [0.4, 0.5) is 15.8 Å². The highest BCUT2D eigenvalue weighted by Gasteiger charge is 2.30. The van der Waals surface area contributed by atoms with Crippen molar-refractivity contribution in [3.05, 3.63) is 59.4 Å². The molecule has 0 bridgehead atoms. The molecule has 2 aromatic carbocycles. The van der Waals surface area contributed by atoms with Crippen molar-refractivity contribution < 1.29 is 18.7 Å². The number of carbonyl (C=O) groups is 2. The predicted octanol–water partition coefficient (Wildman–Crippen LogP) is 3.71. The third-order valence-electron chi connectivity index (χ3n) is 5.60. The van der Waals surface area contributed by atoms with Crippen LogP contribution in [-0.2, 0) is 19.7 Å². The first-order valence-electron chi connectivity index (χ1n) is 10.5. The first-order valence-corrected chi connectivity index (χ1v) is 10.5. The Hall–Kier alpha value is -2.77. The third kappa shape index (κ3) is 6.12. The van der Waals surface area contributed by atoms with E-state index in [0.717, 1.165) is 24.2 Å². The van der Waals surface area contributed by atoms with E-state index < -0.39 is 11.2 Å². The third-order valence-corrected chi connectivity index (χ3v) is 5.60. The summed E-state index contributed by atoms with van der Waals surface area (Å²) in [5.41, 5.74) is 1.71. The summed E-state index contributed by atoms with van der Waals surface area (Å²) in [6.45, 7) is 9.17. The molecule has 3 rings (SSSR count). The van der Waals surface area contributed by atoms with Gasteiger partial charge >= 0.3 is 0 Å². The Balaban J connectivity index is 1.62.